The van der Waals surface area contributed by atoms with Gasteiger partial charge in [-0.1, -0.05) is 23.7 Å². The summed E-state index contributed by atoms with van der Waals surface area (Å²) >= 11 is 5.91. The summed E-state index contributed by atoms with van der Waals surface area (Å²) in [5.74, 6) is -0.618. The molecule has 0 spiro atoms. The van der Waals surface area contributed by atoms with Crippen LogP contribution in [0.5, 0.6) is 0 Å². The van der Waals surface area contributed by atoms with E-state index in [4.69, 9.17) is 27.2 Å². The summed E-state index contributed by atoms with van der Waals surface area (Å²) in [6.07, 6.45) is -0.188. The van der Waals surface area contributed by atoms with E-state index in [-0.39, 0.29) is 11.3 Å². The van der Waals surface area contributed by atoms with E-state index in [0.29, 0.717) is 36.6 Å². The first kappa shape index (κ1) is 16.5. The van der Waals surface area contributed by atoms with E-state index in [9.17, 15) is 4.79 Å². The third-order valence-corrected chi connectivity index (χ3v) is 4.22. The zero-order valence-corrected chi connectivity index (χ0v) is 13.8. The number of hydrogen-bond donors (Lipinski definition) is 2. The van der Waals surface area contributed by atoms with Gasteiger partial charge in [0.25, 0.3) is 0 Å². The van der Waals surface area contributed by atoms with Gasteiger partial charge < -0.3 is 20.5 Å². The number of aromatic nitrogens is 2. The van der Waals surface area contributed by atoms with Crippen molar-refractivity contribution in [3.63, 3.8) is 0 Å². The number of aromatic carboxylic acids is 1. The molecule has 1 aromatic heterocycles. The maximum absolute atomic E-state index is 11.1. The molecule has 1 fully saturated rings. The largest absolute Gasteiger partial charge is 0.478 e. The maximum atomic E-state index is 11.1. The quantitative estimate of drug-likeness (QED) is 0.877. The molecule has 2 aromatic rings. The molecule has 0 amide bonds. The van der Waals surface area contributed by atoms with E-state index >= 15 is 0 Å². The number of carbonyl (C=O) groups is 1. The van der Waals surface area contributed by atoms with E-state index < -0.39 is 5.97 Å². The van der Waals surface area contributed by atoms with Crippen LogP contribution in [0.1, 0.15) is 27.6 Å². The van der Waals surface area contributed by atoms with Crippen LogP contribution in [0.3, 0.4) is 0 Å². The van der Waals surface area contributed by atoms with Gasteiger partial charge in [-0.3, -0.25) is 0 Å². The van der Waals surface area contributed by atoms with Crippen molar-refractivity contribution in [2.45, 2.75) is 13.0 Å². The minimum atomic E-state index is -0.935. The molecule has 8 heteroatoms. The third-order valence-electron chi connectivity index (χ3n) is 4.03. The second-order valence-electron chi connectivity index (χ2n) is 5.62. The van der Waals surface area contributed by atoms with E-state index in [2.05, 4.69) is 10.2 Å². The Hall–Kier alpha value is -2.38. The van der Waals surface area contributed by atoms with Crippen LogP contribution in [0.25, 0.3) is 0 Å². The molecule has 0 radical (unpaired) electrons. The van der Waals surface area contributed by atoms with Crippen LogP contribution in [0.15, 0.2) is 24.3 Å². The summed E-state index contributed by atoms with van der Waals surface area (Å²) in [7, 11) is 0. The van der Waals surface area contributed by atoms with E-state index in [0.717, 1.165) is 11.3 Å². The van der Waals surface area contributed by atoms with Crippen LogP contribution >= 0.6 is 11.6 Å². The molecule has 1 aliphatic rings. The highest BCUT2D eigenvalue weighted by molar-refractivity contribution is 6.29. The lowest BCUT2D eigenvalue weighted by molar-refractivity contribution is 0.0397. The molecular weight excluding hydrogens is 332 g/mol. The predicted octanol–water partition coefficient (Wildman–Crippen LogP) is 2.30. The van der Waals surface area contributed by atoms with E-state index in [1.54, 1.807) is 25.1 Å². The van der Waals surface area contributed by atoms with Gasteiger partial charge in [0, 0.05) is 19.2 Å². The number of anilines is 2. The predicted molar refractivity (Wildman–Crippen MR) is 90.5 cm³/mol. The van der Waals surface area contributed by atoms with Gasteiger partial charge in [0.05, 0.1) is 17.9 Å². The van der Waals surface area contributed by atoms with Crippen molar-refractivity contribution in [3.05, 3.63) is 46.1 Å². The summed E-state index contributed by atoms with van der Waals surface area (Å²) < 4.78 is 5.84. The van der Waals surface area contributed by atoms with Gasteiger partial charge in [-0.05, 0) is 24.1 Å². The number of rotatable bonds is 3. The zero-order valence-electron chi connectivity index (χ0n) is 13.1. The summed E-state index contributed by atoms with van der Waals surface area (Å²) in [6, 6.07) is 6.92. The number of hydrogen-bond acceptors (Lipinski definition) is 6. The molecule has 1 aliphatic heterocycles. The maximum Gasteiger partial charge on any atom is 0.335 e. The summed E-state index contributed by atoms with van der Waals surface area (Å²) in [5.41, 5.74) is 8.55. The number of aryl methyl sites for hydroxylation is 1. The molecule has 0 saturated carbocycles. The topological polar surface area (TPSA) is 102 Å². The van der Waals surface area contributed by atoms with Gasteiger partial charge in [-0.2, -0.15) is 0 Å². The molecule has 7 nitrogen and oxygen atoms in total. The molecular formula is C16H17ClN4O3. The fourth-order valence-corrected chi connectivity index (χ4v) is 2.96. The molecule has 1 saturated heterocycles. The standard InChI is InChI=1S/C16H17ClN4O3/c1-9-6-10(2-3-11(9)16(22)23)13-8-21(4-5-24-13)12-7-14(17)19-20-15(12)18/h2-3,6-7,13H,4-5,8H2,1H3,(H2,18,20)(H,22,23). The number of nitrogens with zero attached hydrogens (tertiary/aromatic N) is 3. The Morgan fingerprint density at radius 1 is 1.42 bits per heavy atom. The Morgan fingerprint density at radius 3 is 2.92 bits per heavy atom. The Labute approximate surface area is 144 Å². The molecule has 1 unspecified atom stereocenters. The van der Waals surface area contributed by atoms with Gasteiger partial charge in [0.2, 0.25) is 0 Å². The second-order valence-corrected chi connectivity index (χ2v) is 6.01. The monoisotopic (exact) mass is 348 g/mol. The smallest absolute Gasteiger partial charge is 0.335 e. The number of ether oxygens (including phenoxy) is 1. The SMILES string of the molecule is Cc1cc(C2CN(c3cc(Cl)nnc3N)CCO2)ccc1C(=O)O. The fraction of sp³-hybridized carbons (Fsp3) is 0.312. The minimum absolute atomic E-state index is 0.188. The average Bonchev–Trinajstić information content (AvgIpc) is 2.56. The van der Waals surface area contributed by atoms with E-state index in [1.165, 1.54) is 0 Å². The summed E-state index contributed by atoms with van der Waals surface area (Å²) in [6.45, 7) is 3.52. The number of nitrogens with two attached hydrogens (primary N) is 1. The van der Waals surface area contributed by atoms with Crippen molar-refractivity contribution in [1.29, 1.82) is 0 Å². The number of carboxylic acid groups (broad SMARTS) is 1. The number of carboxylic acids is 1. The fourth-order valence-electron chi connectivity index (χ4n) is 2.82. The lowest BCUT2D eigenvalue weighted by Crippen LogP contribution is -2.39. The first-order valence-electron chi connectivity index (χ1n) is 7.45. The van der Waals surface area contributed by atoms with Gasteiger partial charge in [-0.15, -0.1) is 10.2 Å². The Balaban J connectivity index is 1.84. The van der Waals surface area contributed by atoms with Crippen molar-refractivity contribution in [2.24, 2.45) is 0 Å². The van der Waals surface area contributed by atoms with Crippen LogP contribution in [0.4, 0.5) is 11.5 Å². The Morgan fingerprint density at radius 2 is 2.21 bits per heavy atom. The summed E-state index contributed by atoms with van der Waals surface area (Å²) in [5, 5.41) is 17.0. The first-order valence-corrected chi connectivity index (χ1v) is 7.82. The van der Waals surface area contributed by atoms with Crippen molar-refractivity contribution >= 4 is 29.1 Å². The lowest BCUT2D eigenvalue weighted by atomic mass is 10.0. The molecule has 3 N–H and O–H groups in total. The van der Waals surface area contributed by atoms with Crippen LogP contribution < -0.4 is 10.6 Å². The molecule has 1 atom stereocenters. The van der Waals surface area contributed by atoms with Crippen LogP contribution in [0, 0.1) is 6.92 Å². The highest BCUT2D eigenvalue weighted by Gasteiger charge is 2.25. The molecule has 24 heavy (non-hydrogen) atoms. The van der Waals surface area contributed by atoms with E-state index in [1.807, 2.05) is 11.0 Å². The Bertz CT molecular complexity index is 784. The van der Waals surface area contributed by atoms with Crippen molar-refractivity contribution in [3.8, 4) is 0 Å². The molecule has 0 bridgehead atoms. The highest BCUT2D eigenvalue weighted by Crippen LogP contribution is 2.30. The Kier molecular flexibility index (Phi) is 4.55. The molecule has 1 aromatic carbocycles. The molecule has 2 heterocycles. The highest BCUT2D eigenvalue weighted by atomic mass is 35.5. The van der Waals surface area contributed by atoms with Crippen LogP contribution in [-0.4, -0.2) is 41.0 Å². The van der Waals surface area contributed by atoms with Crippen molar-refractivity contribution < 1.29 is 14.6 Å². The molecule has 0 aliphatic carbocycles. The second kappa shape index (κ2) is 6.62. The van der Waals surface area contributed by atoms with Crippen LogP contribution in [-0.2, 0) is 4.74 Å². The molecule has 126 valence electrons. The number of halogens is 1. The summed E-state index contributed by atoms with van der Waals surface area (Å²) in [4.78, 5) is 13.2. The lowest BCUT2D eigenvalue weighted by Gasteiger charge is -2.35. The van der Waals surface area contributed by atoms with Crippen molar-refractivity contribution in [2.75, 3.05) is 30.3 Å². The first-order chi connectivity index (χ1) is 11.5. The normalized spacial score (nSPS) is 17.8. The van der Waals surface area contributed by atoms with Gasteiger partial charge >= 0.3 is 5.97 Å². The molecule has 3 rings (SSSR count). The minimum Gasteiger partial charge on any atom is -0.478 e. The van der Waals surface area contributed by atoms with Gasteiger partial charge in [0.1, 0.15) is 6.10 Å². The number of nitrogen functional groups attached to an aromatic ring is 1. The zero-order chi connectivity index (χ0) is 17.3. The third kappa shape index (κ3) is 3.27. The number of benzene rings is 1. The average molecular weight is 349 g/mol. The van der Waals surface area contributed by atoms with Gasteiger partial charge in [0.15, 0.2) is 11.0 Å². The van der Waals surface area contributed by atoms with Crippen molar-refractivity contribution in [1.82, 2.24) is 10.2 Å². The van der Waals surface area contributed by atoms with Crippen LogP contribution in [0.2, 0.25) is 5.15 Å². The van der Waals surface area contributed by atoms with Gasteiger partial charge in [-0.25, -0.2) is 4.79 Å². The number of morpholine rings is 1.